The molecule has 0 spiro atoms. The number of aliphatic imine (C=N–C) groups is 2. The first-order valence-corrected chi connectivity index (χ1v) is 12.3. The number of halogens is 2. The Labute approximate surface area is 204 Å². The van der Waals surface area contributed by atoms with Crippen LogP contribution in [0.15, 0.2) is 58.1 Å². The standard InChI is InChI=1S/C28H39ClFN3/c1-21(17-28(3,4)5)15-25-10-9-24(16-27(25)30)22(2)7-6-8-23-11-13-31-18-26(29)19-33-20-32-14-12-23/h9-10,16,18-20,23H,1-2,6-8,11-15,17H2,3-5H3,(H,32,33)/b26-19+,31-18-. The molecule has 33 heavy (non-hydrogen) atoms. The van der Waals surface area contributed by atoms with Crippen molar-refractivity contribution in [2.24, 2.45) is 21.3 Å². The summed E-state index contributed by atoms with van der Waals surface area (Å²) >= 11 is 6.03. The third kappa shape index (κ3) is 11.0. The van der Waals surface area contributed by atoms with Gasteiger partial charge in [0.1, 0.15) is 5.82 Å². The number of allylic oxidation sites excluding steroid dienone is 3. The molecule has 1 atom stereocenters. The number of rotatable bonds is 8. The third-order valence-corrected chi connectivity index (χ3v) is 5.91. The lowest BCUT2D eigenvalue weighted by Crippen LogP contribution is -2.17. The molecule has 5 heteroatoms. The Morgan fingerprint density at radius 2 is 2.03 bits per heavy atom. The third-order valence-electron chi connectivity index (χ3n) is 5.71. The Hall–Kier alpha value is -2.20. The maximum atomic E-state index is 14.7. The van der Waals surface area contributed by atoms with Crippen LogP contribution >= 0.6 is 11.6 Å². The summed E-state index contributed by atoms with van der Waals surface area (Å²) in [6.07, 6.45) is 11.4. The van der Waals surface area contributed by atoms with Crippen LogP contribution in [0.25, 0.3) is 5.57 Å². The maximum absolute atomic E-state index is 14.7. The minimum absolute atomic E-state index is 0.162. The fraction of sp³-hybridized carbons (Fsp3) is 0.500. The molecular formula is C28H39ClFN3. The normalized spacial score (nSPS) is 21.0. The lowest BCUT2D eigenvalue weighted by Gasteiger charge is -2.20. The minimum Gasteiger partial charge on any atom is -0.376 e. The minimum atomic E-state index is -0.165. The topological polar surface area (TPSA) is 36.8 Å². The van der Waals surface area contributed by atoms with Crippen LogP contribution in [0.2, 0.25) is 0 Å². The second-order valence-electron chi connectivity index (χ2n) is 10.2. The average Bonchev–Trinajstić information content (AvgIpc) is 2.71. The molecule has 0 bridgehead atoms. The molecule has 3 nitrogen and oxygen atoms in total. The monoisotopic (exact) mass is 471 g/mol. The highest BCUT2D eigenvalue weighted by Crippen LogP contribution is 2.28. The van der Waals surface area contributed by atoms with Crippen LogP contribution in [0.4, 0.5) is 4.39 Å². The van der Waals surface area contributed by atoms with Gasteiger partial charge in [0.25, 0.3) is 0 Å². The van der Waals surface area contributed by atoms with Gasteiger partial charge in [0.05, 0.1) is 11.4 Å². The van der Waals surface area contributed by atoms with E-state index in [0.29, 0.717) is 22.9 Å². The molecule has 0 saturated carbocycles. The molecule has 0 amide bonds. The molecular weight excluding hydrogens is 433 g/mol. The van der Waals surface area contributed by atoms with Crippen molar-refractivity contribution in [3.63, 3.8) is 0 Å². The van der Waals surface area contributed by atoms with Gasteiger partial charge in [-0.3, -0.25) is 4.99 Å². The number of benzene rings is 1. The number of hydrogen-bond acceptors (Lipinski definition) is 3. The second kappa shape index (κ2) is 13.5. The highest BCUT2D eigenvalue weighted by atomic mass is 35.5. The zero-order valence-electron chi connectivity index (χ0n) is 20.5. The van der Waals surface area contributed by atoms with E-state index in [4.69, 9.17) is 11.6 Å². The van der Waals surface area contributed by atoms with Gasteiger partial charge in [-0.15, -0.1) is 0 Å². The van der Waals surface area contributed by atoms with Gasteiger partial charge in [0.2, 0.25) is 0 Å². The molecule has 180 valence electrons. The van der Waals surface area contributed by atoms with Gasteiger partial charge in [0, 0.05) is 25.5 Å². The van der Waals surface area contributed by atoms with Gasteiger partial charge >= 0.3 is 0 Å². The van der Waals surface area contributed by atoms with Crippen LogP contribution in [-0.4, -0.2) is 25.6 Å². The number of nitrogens with zero attached hydrogens (tertiary/aromatic N) is 2. The van der Waals surface area contributed by atoms with Crippen LogP contribution in [0, 0.1) is 17.2 Å². The molecule has 1 aliphatic heterocycles. The summed E-state index contributed by atoms with van der Waals surface area (Å²) in [5.74, 6) is 0.396. The van der Waals surface area contributed by atoms with E-state index in [0.717, 1.165) is 68.3 Å². The molecule has 1 aliphatic rings. The van der Waals surface area contributed by atoms with Crippen molar-refractivity contribution >= 4 is 29.7 Å². The van der Waals surface area contributed by atoms with Crippen LogP contribution in [0.1, 0.15) is 70.4 Å². The Morgan fingerprint density at radius 3 is 2.76 bits per heavy atom. The highest BCUT2D eigenvalue weighted by Gasteiger charge is 2.14. The summed E-state index contributed by atoms with van der Waals surface area (Å²) in [6.45, 7) is 16.5. The SMILES string of the molecule is C=C(Cc1ccc(C(=C)CCCC2CC\N=C/C(Cl)=C\N=C\NCC2)cc1F)CC(C)(C)C. The van der Waals surface area contributed by atoms with Gasteiger partial charge in [-0.1, -0.05) is 63.2 Å². The Kier molecular flexibility index (Phi) is 11.1. The van der Waals surface area contributed by atoms with Gasteiger partial charge in [0.15, 0.2) is 0 Å². The van der Waals surface area contributed by atoms with E-state index in [9.17, 15) is 4.39 Å². The molecule has 0 aromatic heterocycles. The zero-order chi connectivity index (χ0) is 24.3. The van der Waals surface area contributed by atoms with E-state index in [1.807, 2.05) is 12.1 Å². The van der Waals surface area contributed by atoms with Crippen LogP contribution in [-0.2, 0) is 6.42 Å². The summed E-state index contributed by atoms with van der Waals surface area (Å²) in [4.78, 5) is 8.51. The summed E-state index contributed by atoms with van der Waals surface area (Å²) in [7, 11) is 0. The lowest BCUT2D eigenvalue weighted by molar-refractivity contribution is 0.406. The van der Waals surface area contributed by atoms with Crippen molar-refractivity contribution in [1.29, 1.82) is 0 Å². The summed E-state index contributed by atoms with van der Waals surface area (Å²) < 4.78 is 14.7. The van der Waals surface area contributed by atoms with E-state index in [1.165, 1.54) is 0 Å². The van der Waals surface area contributed by atoms with E-state index in [1.54, 1.807) is 24.8 Å². The van der Waals surface area contributed by atoms with Crippen molar-refractivity contribution in [1.82, 2.24) is 5.32 Å². The van der Waals surface area contributed by atoms with E-state index in [-0.39, 0.29) is 11.2 Å². The highest BCUT2D eigenvalue weighted by molar-refractivity contribution is 6.39. The lowest BCUT2D eigenvalue weighted by atomic mass is 9.86. The fourth-order valence-electron chi connectivity index (χ4n) is 4.13. The number of nitrogens with one attached hydrogen (secondary N) is 1. The summed E-state index contributed by atoms with van der Waals surface area (Å²) in [5, 5.41) is 3.74. The predicted octanol–water partition coefficient (Wildman–Crippen LogP) is 7.72. The fourth-order valence-corrected chi connectivity index (χ4v) is 4.25. The summed E-state index contributed by atoms with van der Waals surface area (Å²) in [6, 6.07) is 5.52. The smallest absolute Gasteiger partial charge is 0.127 e. The Balaban J connectivity index is 1.85. The number of hydrogen-bond donors (Lipinski definition) is 1. The van der Waals surface area contributed by atoms with Gasteiger partial charge in [-0.05, 0) is 79.0 Å². The van der Waals surface area contributed by atoms with Crippen molar-refractivity contribution in [3.8, 4) is 0 Å². The maximum Gasteiger partial charge on any atom is 0.127 e. The molecule has 1 heterocycles. The van der Waals surface area contributed by atoms with Crippen LogP contribution in [0.5, 0.6) is 0 Å². The first-order valence-electron chi connectivity index (χ1n) is 11.9. The van der Waals surface area contributed by atoms with Crippen molar-refractivity contribution in [3.05, 3.63) is 65.1 Å². The molecule has 1 N–H and O–H groups in total. The second-order valence-corrected chi connectivity index (χ2v) is 10.6. The van der Waals surface area contributed by atoms with Crippen molar-refractivity contribution in [2.45, 2.75) is 65.7 Å². The van der Waals surface area contributed by atoms with Gasteiger partial charge in [-0.25, -0.2) is 9.38 Å². The molecule has 1 aromatic rings. The van der Waals surface area contributed by atoms with Crippen molar-refractivity contribution in [2.75, 3.05) is 13.1 Å². The molecule has 0 saturated heterocycles. The Bertz CT molecular complexity index is 893. The van der Waals surface area contributed by atoms with E-state index in [2.05, 4.69) is 49.2 Å². The largest absolute Gasteiger partial charge is 0.376 e. The van der Waals surface area contributed by atoms with Gasteiger partial charge in [-0.2, -0.15) is 0 Å². The first kappa shape index (κ1) is 27.0. The molecule has 1 aromatic carbocycles. The molecule has 0 aliphatic carbocycles. The Morgan fingerprint density at radius 1 is 1.24 bits per heavy atom. The van der Waals surface area contributed by atoms with Gasteiger partial charge < -0.3 is 5.32 Å². The molecule has 0 fully saturated rings. The van der Waals surface area contributed by atoms with Crippen LogP contribution in [0.3, 0.4) is 0 Å². The van der Waals surface area contributed by atoms with Crippen LogP contribution < -0.4 is 5.32 Å². The summed E-state index contributed by atoms with van der Waals surface area (Å²) in [5.41, 5.74) is 3.81. The quantitative estimate of drug-likeness (QED) is 0.387. The molecule has 2 rings (SSSR count). The van der Waals surface area contributed by atoms with Crippen molar-refractivity contribution < 1.29 is 4.39 Å². The zero-order valence-corrected chi connectivity index (χ0v) is 21.2. The molecule has 0 radical (unpaired) electrons. The first-order chi connectivity index (χ1) is 15.6. The van der Waals surface area contributed by atoms with E-state index < -0.39 is 0 Å². The van der Waals surface area contributed by atoms with E-state index >= 15 is 0 Å². The molecule has 1 unspecified atom stereocenters. The predicted molar refractivity (Wildman–Crippen MR) is 143 cm³/mol. The average molecular weight is 472 g/mol.